The zero-order valence-corrected chi connectivity index (χ0v) is 18.5. The van der Waals surface area contributed by atoms with E-state index in [4.69, 9.17) is 21.7 Å². The number of anilines is 1. The number of thiocarbonyl (C=S) groups is 1. The van der Waals surface area contributed by atoms with Crippen LogP contribution in [-0.4, -0.2) is 42.3 Å². The van der Waals surface area contributed by atoms with E-state index in [1.165, 1.54) is 0 Å². The number of para-hydroxylation sites is 1. The highest BCUT2D eigenvalue weighted by Crippen LogP contribution is 2.17. The first-order valence-electron chi connectivity index (χ1n) is 10.3. The van der Waals surface area contributed by atoms with Gasteiger partial charge in [-0.25, -0.2) is 0 Å². The van der Waals surface area contributed by atoms with Gasteiger partial charge < -0.3 is 20.1 Å². The largest absolute Gasteiger partial charge is 0.491 e. The van der Waals surface area contributed by atoms with Crippen molar-refractivity contribution in [3.05, 3.63) is 59.7 Å². The highest BCUT2D eigenvalue weighted by molar-refractivity contribution is 7.80. The maximum Gasteiger partial charge on any atom is 0.257 e. The smallest absolute Gasteiger partial charge is 0.257 e. The first kappa shape index (κ1) is 22.7. The van der Waals surface area contributed by atoms with Crippen LogP contribution >= 0.6 is 12.2 Å². The predicted molar refractivity (Wildman–Crippen MR) is 124 cm³/mol. The number of hydrogen-bond donors (Lipinski definition) is 3. The van der Waals surface area contributed by atoms with Crippen molar-refractivity contribution in [2.24, 2.45) is 0 Å². The minimum Gasteiger partial charge on any atom is -0.491 e. The van der Waals surface area contributed by atoms with Gasteiger partial charge in [-0.15, -0.1) is 0 Å². The van der Waals surface area contributed by atoms with Crippen LogP contribution in [0.15, 0.2) is 48.5 Å². The van der Waals surface area contributed by atoms with Gasteiger partial charge in [0.05, 0.1) is 23.5 Å². The summed E-state index contributed by atoms with van der Waals surface area (Å²) in [5.74, 6) is 0.109. The number of benzene rings is 2. The molecule has 0 spiro atoms. The molecule has 0 bridgehead atoms. The number of ether oxygens (including phenoxy) is 2. The minimum absolute atomic E-state index is 0.0550. The molecular formula is C23H27N3O4S. The maximum atomic E-state index is 12.6. The molecule has 3 N–H and O–H groups in total. The lowest BCUT2D eigenvalue weighted by Gasteiger charge is -2.15. The molecule has 0 aromatic heterocycles. The van der Waals surface area contributed by atoms with E-state index in [0.29, 0.717) is 29.1 Å². The monoisotopic (exact) mass is 441 g/mol. The second-order valence-corrected chi connectivity index (χ2v) is 7.90. The van der Waals surface area contributed by atoms with E-state index in [-0.39, 0.29) is 29.1 Å². The Kier molecular flexibility index (Phi) is 7.97. The lowest BCUT2D eigenvalue weighted by molar-refractivity contribution is 0.0858. The zero-order valence-electron chi connectivity index (χ0n) is 17.6. The molecule has 0 radical (unpaired) electrons. The number of amides is 2. The zero-order chi connectivity index (χ0) is 22.2. The summed E-state index contributed by atoms with van der Waals surface area (Å²) < 4.78 is 11.1. The molecule has 1 heterocycles. The van der Waals surface area contributed by atoms with Crippen LogP contribution in [0.25, 0.3) is 0 Å². The molecule has 0 unspecified atom stereocenters. The molecule has 1 saturated heterocycles. The van der Waals surface area contributed by atoms with Crippen LogP contribution in [0.2, 0.25) is 0 Å². The maximum absolute atomic E-state index is 12.6. The van der Waals surface area contributed by atoms with Gasteiger partial charge in [-0.05, 0) is 75.3 Å². The SMILES string of the molecule is CC(C)Oc1ccc(C(=O)NC(=S)Nc2ccccc2C(=O)NC[C@H]2CCCO2)cc1. The molecule has 7 nitrogen and oxygen atoms in total. The molecule has 0 saturated carbocycles. The van der Waals surface area contributed by atoms with Crippen LogP contribution in [0.3, 0.4) is 0 Å². The van der Waals surface area contributed by atoms with Crippen LogP contribution in [0, 0.1) is 0 Å². The molecule has 31 heavy (non-hydrogen) atoms. The summed E-state index contributed by atoms with van der Waals surface area (Å²) in [7, 11) is 0. The highest BCUT2D eigenvalue weighted by atomic mass is 32.1. The van der Waals surface area contributed by atoms with Gasteiger partial charge >= 0.3 is 0 Å². The first-order chi connectivity index (χ1) is 14.9. The molecular weight excluding hydrogens is 414 g/mol. The van der Waals surface area contributed by atoms with E-state index >= 15 is 0 Å². The predicted octanol–water partition coefficient (Wildman–Crippen LogP) is 3.51. The highest BCUT2D eigenvalue weighted by Gasteiger charge is 2.18. The summed E-state index contributed by atoms with van der Waals surface area (Å²) in [5, 5.41) is 8.57. The van der Waals surface area contributed by atoms with Crippen LogP contribution in [-0.2, 0) is 4.74 Å². The van der Waals surface area contributed by atoms with Crippen molar-refractivity contribution in [1.82, 2.24) is 10.6 Å². The van der Waals surface area contributed by atoms with E-state index in [9.17, 15) is 9.59 Å². The molecule has 0 aliphatic carbocycles. The van der Waals surface area contributed by atoms with E-state index < -0.39 is 0 Å². The normalized spacial score (nSPS) is 15.4. The van der Waals surface area contributed by atoms with Crippen molar-refractivity contribution >= 4 is 34.8 Å². The Labute approximate surface area is 187 Å². The molecule has 3 rings (SSSR count). The Morgan fingerprint density at radius 1 is 1.13 bits per heavy atom. The van der Waals surface area contributed by atoms with Crippen molar-refractivity contribution in [1.29, 1.82) is 0 Å². The second kappa shape index (κ2) is 10.9. The summed E-state index contributed by atoms with van der Waals surface area (Å²) in [6.07, 6.45) is 2.07. The van der Waals surface area contributed by atoms with Crippen LogP contribution in [0.5, 0.6) is 5.75 Å². The summed E-state index contributed by atoms with van der Waals surface area (Å²) in [4.78, 5) is 25.1. The number of carbonyl (C=O) groups is 2. The lowest BCUT2D eigenvalue weighted by Crippen LogP contribution is -2.35. The summed E-state index contributed by atoms with van der Waals surface area (Å²) in [5.41, 5.74) is 1.40. The van der Waals surface area contributed by atoms with Crippen molar-refractivity contribution in [2.45, 2.75) is 38.9 Å². The molecule has 8 heteroatoms. The van der Waals surface area contributed by atoms with E-state index in [0.717, 1.165) is 19.4 Å². The Bertz CT molecular complexity index is 925. The van der Waals surface area contributed by atoms with Gasteiger partial charge in [-0.2, -0.15) is 0 Å². The molecule has 1 aliphatic heterocycles. The third-order valence-corrected chi connectivity index (χ3v) is 4.85. The first-order valence-corrected chi connectivity index (χ1v) is 10.7. The van der Waals surface area contributed by atoms with Crippen molar-refractivity contribution < 1.29 is 19.1 Å². The second-order valence-electron chi connectivity index (χ2n) is 7.49. The fourth-order valence-electron chi connectivity index (χ4n) is 3.18. The van der Waals surface area contributed by atoms with Gasteiger partial charge in [0.2, 0.25) is 0 Å². The van der Waals surface area contributed by atoms with Crippen molar-refractivity contribution in [3.63, 3.8) is 0 Å². The van der Waals surface area contributed by atoms with Gasteiger partial charge in [0.25, 0.3) is 11.8 Å². The van der Waals surface area contributed by atoms with E-state index in [2.05, 4.69) is 16.0 Å². The van der Waals surface area contributed by atoms with E-state index in [1.807, 2.05) is 13.8 Å². The Hall–Kier alpha value is -2.97. The van der Waals surface area contributed by atoms with Crippen LogP contribution < -0.4 is 20.7 Å². The lowest BCUT2D eigenvalue weighted by atomic mass is 10.1. The molecule has 164 valence electrons. The number of nitrogens with one attached hydrogen (secondary N) is 3. The molecule has 1 atom stereocenters. The number of carbonyl (C=O) groups excluding carboxylic acids is 2. The summed E-state index contributed by atoms with van der Waals surface area (Å²) in [6.45, 7) is 5.07. The molecule has 1 aliphatic rings. The van der Waals surface area contributed by atoms with Crippen molar-refractivity contribution in [2.75, 3.05) is 18.5 Å². The van der Waals surface area contributed by atoms with Gasteiger partial charge in [-0.3, -0.25) is 14.9 Å². The fourth-order valence-corrected chi connectivity index (χ4v) is 3.39. The number of rotatable bonds is 7. The number of hydrogen-bond acceptors (Lipinski definition) is 5. The average molecular weight is 442 g/mol. The topological polar surface area (TPSA) is 88.7 Å². The molecule has 2 aromatic rings. The quantitative estimate of drug-likeness (QED) is 0.570. The van der Waals surface area contributed by atoms with E-state index in [1.54, 1.807) is 48.5 Å². The van der Waals surface area contributed by atoms with Gasteiger partial charge in [0, 0.05) is 18.7 Å². The minimum atomic E-state index is -0.353. The van der Waals surface area contributed by atoms with Crippen LogP contribution in [0.4, 0.5) is 5.69 Å². The fraction of sp³-hybridized carbons (Fsp3) is 0.348. The Morgan fingerprint density at radius 2 is 1.87 bits per heavy atom. The van der Waals surface area contributed by atoms with Crippen molar-refractivity contribution in [3.8, 4) is 5.75 Å². The third-order valence-electron chi connectivity index (χ3n) is 4.65. The third kappa shape index (κ3) is 6.77. The summed E-state index contributed by atoms with van der Waals surface area (Å²) in [6, 6.07) is 13.8. The Balaban J connectivity index is 1.57. The summed E-state index contributed by atoms with van der Waals surface area (Å²) >= 11 is 5.27. The molecule has 2 aromatic carbocycles. The van der Waals surface area contributed by atoms with Gasteiger partial charge in [-0.1, -0.05) is 12.1 Å². The standard InChI is InChI=1S/C23H27N3O4S/c1-15(2)30-17-11-9-16(10-12-17)21(27)26-23(31)25-20-8-4-3-7-19(20)22(28)24-14-18-6-5-13-29-18/h3-4,7-12,15,18H,5-6,13-14H2,1-2H3,(H,24,28)(H2,25,26,27,31)/t18-/m1/s1. The van der Waals surface area contributed by atoms with Gasteiger partial charge in [0.15, 0.2) is 5.11 Å². The average Bonchev–Trinajstić information content (AvgIpc) is 3.26. The molecule has 1 fully saturated rings. The molecule has 2 amide bonds. The van der Waals surface area contributed by atoms with Gasteiger partial charge in [0.1, 0.15) is 5.75 Å². The Morgan fingerprint density at radius 3 is 2.55 bits per heavy atom. The van der Waals surface area contributed by atoms with Crippen LogP contribution in [0.1, 0.15) is 47.4 Å².